The van der Waals surface area contributed by atoms with Crippen LogP contribution in [0.2, 0.25) is 0 Å². The van der Waals surface area contributed by atoms with Crippen LogP contribution in [0.1, 0.15) is 72.1 Å². The van der Waals surface area contributed by atoms with E-state index in [1.807, 2.05) is 94.4 Å². The Morgan fingerprint density at radius 1 is 0.750 bits per heavy atom. The van der Waals surface area contributed by atoms with Gasteiger partial charge in [-0.25, -0.2) is 14.4 Å². The molecule has 0 saturated carbocycles. The van der Waals surface area contributed by atoms with Crippen molar-refractivity contribution in [1.82, 2.24) is 5.32 Å². The lowest BCUT2D eigenvalue weighted by atomic mass is 9.92. The molecule has 1 amide bonds. The SMILES string of the molecule is C[C@@H](c1ccc(C(=O)OC(C)(C)C)cc1)[C@H](NC(=O)OCC1c2ccccc2-c2ccccc21)C(=O)OCc1ccccc1. The minimum absolute atomic E-state index is 0.0623. The average Bonchev–Trinajstić information content (AvgIpc) is 3.34. The fraction of sp³-hybridized carbons (Fsp3) is 0.270. The standard InChI is InChI=1S/C37H37NO6/c1-24(26-18-20-27(21-19-26)34(39)44-37(2,3)4)33(35(40)42-22-25-12-6-5-7-13-25)38-36(41)43-23-32-30-16-10-8-14-28(30)29-15-9-11-17-31(29)32/h5-21,24,32-33H,22-23H2,1-4H3,(H,38,41)/t24-,33-/m0/s1. The van der Waals surface area contributed by atoms with Crippen molar-refractivity contribution in [2.45, 2.75) is 57.8 Å². The molecule has 0 aliphatic heterocycles. The molecule has 0 bridgehead atoms. The number of amides is 1. The molecule has 0 heterocycles. The minimum atomic E-state index is -1.04. The zero-order valence-corrected chi connectivity index (χ0v) is 25.4. The zero-order chi connectivity index (χ0) is 31.3. The highest BCUT2D eigenvalue weighted by Crippen LogP contribution is 2.44. The molecule has 44 heavy (non-hydrogen) atoms. The maximum absolute atomic E-state index is 13.4. The first-order chi connectivity index (χ1) is 21.1. The van der Waals surface area contributed by atoms with Gasteiger partial charge < -0.3 is 19.5 Å². The summed E-state index contributed by atoms with van der Waals surface area (Å²) in [5.74, 6) is -1.64. The highest BCUT2D eigenvalue weighted by atomic mass is 16.6. The van der Waals surface area contributed by atoms with E-state index in [-0.39, 0.29) is 19.1 Å². The average molecular weight is 592 g/mol. The van der Waals surface area contributed by atoms with Crippen LogP contribution in [0, 0.1) is 0 Å². The number of hydrogen-bond donors (Lipinski definition) is 1. The molecule has 0 radical (unpaired) electrons. The van der Waals surface area contributed by atoms with Crippen molar-refractivity contribution < 1.29 is 28.6 Å². The second kappa shape index (κ2) is 13.2. The predicted octanol–water partition coefficient (Wildman–Crippen LogP) is 7.40. The number of fused-ring (bicyclic) bond motifs is 3. The van der Waals surface area contributed by atoms with E-state index >= 15 is 0 Å². The Hall–Kier alpha value is -4.91. The highest BCUT2D eigenvalue weighted by molar-refractivity contribution is 5.90. The molecule has 0 unspecified atom stereocenters. The molecule has 2 atom stereocenters. The number of esters is 2. The van der Waals surface area contributed by atoms with Gasteiger partial charge in [0, 0.05) is 11.8 Å². The van der Waals surface area contributed by atoms with Crippen LogP contribution >= 0.6 is 0 Å². The summed E-state index contributed by atoms with van der Waals surface area (Å²) in [4.78, 5) is 39.2. The molecule has 1 N–H and O–H groups in total. The first kappa shape index (κ1) is 30.5. The van der Waals surface area contributed by atoms with Crippen LogP contribution in [0.3, 0.4) is 0 Å². The van der Waals surface area contributed by atoms with Gasteiger partial charge in [-0.1, -0.05) is 97.9 Å². The van der Waals surface area contributed by atoms with Gasteiger partial charge in [0.1, 0.15) is 24.9 Å². The van der Waals surface area contributed by atoms with Crippen molar-refractivity contribution in [3.63, 3.8) is 0 Å². The van der Waals surface area contributed by atoms with Crippen molar-refractivity contribution in [3.05, 3.63) is 131 Å². The first-order valence-corrected chi connectivity index (χ1v) is 14.8. The minimum Gasteiger partial charge on any atom is -0.459 e. The fourth-order valence-corrected chi connectivity index (χ4v) is 5.43. The Morgan fingerprint density at radius 3 is 1.91 bits per heavy atom. The smallest absolute Gasteiger partial charge is 0.407 e. The van der Waals surface area contributed by atoms with Gasteiger partial charge >= 0.3 is 18.0 Å². The summed E-state index contributed by atoms with van der Waals surface area (Å²) in [6.45, 7) is 7.42. The summed E-state index contributed by atoms with van der Waals surface area (Å²) in [5.41, 5.74) is 5.78. The van der Waals surface area contributed by atoms with Gasteiger partial charge in [0.25, 0.3) is 0 Å². The lowest BCUT2D eigenvalue weighted by molar-refractivity contribution is -0.148. The summed E-state index contributed by atoms with van der Waals surface area (Å²) in [6.07, 6.45) is -0.717. The highest BCUT2D eigenvalue weighted by Gasteiger charge is 2.33. The molecule has 1 aliphatic rings. The van der Waals surface area contributed by atoms with E-state index in [9.17, 15) is 14.4 Å². The first-order valence-electron chi connectivity index (χ1n) is 14.8. The number of hydrogen-bond acceptors (Lipinski definition) is 6. The van der Waals surface area contributed by atoms with Gasteiger partial charge in [0.05, 0.1) is 5.56 Å². The summed E-state index contributed by atoms with van der Waals surface area (Å²) in [6, 6.07) is 31.3. The maximum Gasteiger partial charge on any atom is 0.407 e. The molecule has 0 fully saturated rings. The van der Waals surface area contributed by atoms with Gasteiger partial charge in [-0.2, -0.15) is 0 Å². The largest absolute Gasteiger partial charge is 0.459 e. The van der Waals surface area contributed by atoms with E-state index in [2.05, 4.69) is 17.4 Å². The van der Waals surface area contributed by atoms with E-state index in [4.69, 9.17) is 14.2 Å². The quantitative estimate of drug-likeness (QED) is 0.161. The molecular formula is C37H37NO6. The van der Waals surface area contributed by atoms with E-state index < -0.39 is 35.6 Å². The molecule has 5 rings (SSSR count). The Kier molecular flexibility index (Phi) is 9.14. The molecule has 0 aromatic heterocycles. The predicted molar refractivity (Wildman–Crippen MR) is 168 cm³/mol. The summed E-state index contributed by atoms with van der Waals surface area (Å²) < 4.78 is 16.8. The number of nitrogens with one attached hydrogen (secondary N) is 1. The van der Waals surface area contributed by atoms with Gasteiger partial charge in [0.15, 0.2) is 0 Å². The van der Waals surface area contributed by atoms with Crippen molar-refractivity contribution in [2.75, 3.05) is 6.61 Å². The fourth-order valence-electron chi connectivity index (χ4n) is 5.43. The monoisotopic (exact) mass is 591 g/mol. The lowest BCUT2D eigenvalue weighted by Gasteiger charge is -2.25. The van der Waals surface area contributed by atoms with Crippen molar-refractivity contribution in [3.8, 4) is 11.1 Å². The van der Waals surface area contributed by atoms with E-state index in [0.717, 1.165) is 33.4 Å². The molecule has 0 saturated heterocycles. The number of ether oxygens (including phenoxy) is 3. The van der Waals surface area contributed by atoms with Crippen LogP contribution < -0.4 is 5.32 Å². The molecule has 226 valence electrons. The maximum atomic E-state index is 13.4. The third kappa shape index (κ3) is 7.17. The molecular weight excluding hydrogens is 554 g/mol. The van der Waals surface area contributed by atoms with Crippen molar-refractivity contribution in [1.29, 1.82) is 0 Å². The van der Waals surface area contributed by atoms with Crippen LogP contribution in [0.15, 0.2) is 103 Å². The molecule has 7 nitrogen and oxygen atoms in total. The number of alkyl carbamates (subject to hydrolysis) is 1. The summed E-state index contributed by atoms with van der Waals surface area (Å²) in [7, 11) is 0. The summed E-state index contributed by atoms with van der Waals surface area (Å²) >= 11 is 0. The molecule has 4 aromatic carbocycles. The van der Waals surface area contributed by atoms with E-state index in [0.29, 0.717) is 5.56 Å². The third-order valence-electron chi connectivity index (χ3n) is 7.67. The molecule has 1 aliphatic carbocycles. The zero-order valence-electron chi connectivity index (χ0n) is 25.4. The third-order valence-corrected chi connectivity index (χ3v) is 7.67. The number of carbonyl (C=O) groups is 3. The second-order valence-corrected chi connectivity index (χ2v) is 12.0. The van der Waals surface area contributed by atoms with Gasteiger partial charge in [-0.3, -0.25) is 0 Å². The Labute approximate surface area is 258 Å². The Bertz CT molecular complexity index is 1580. The molecule has 0 spiro atoms. The van der Waals surface area contributed by atoms with Gasteiger partial charge in [-0.05, 0) is 66.3 Å². The van der Waals surface area contributed by atoms with Crippen LogP contribution in [0.25, 0.3) is 11.1 Å². The number of rotatable bonds is 9. The van der Waals surface area contributed by atoms with Crippen LogP contribution in [0.4, 0.5) is 4.79 Å². The molecule has 7 heteroatoms. The summed E-state index contributed by atoms with van der Waals surface area (Å²) in [5, 5.41) is 2.76. The topological polar surface area (TPSA) is 90.9 Å². The lowest BCUT2D eigenvalue weighted by Crippen LogP contribution is -2.45. The van der Waals surface area contributed by atoms with E-state index in [1.54, 1.807) is 24.3 Å². The Morgan fingerprint density at radius 2 is 1.32 bits per heavy atom. The number of carbonyl (C=O) groups excluding carboxylic acids is 3. The van der Waals surface area contributed by atoms with Crippen molar-refractivity contribution >= 4 is 18.0 Å². The van der Waals surface area contributed by atoms with E-state index in [1.165, 1.54) is 0 Å². The second-order valence-electron chi connectivity index (χ2n) is 12.0. The number of benzene rings is 4. The van der Waals surface area contributed by atoms with Crippen LogP contribution in [-0.2, 0) is 25.6 Å². The van der Waals surface area contributed by atoms with Crippen LogP contribution in [0.5, 0.6) is 0 Å². The Balaban J connectivity index is 1.31. The molecule has 4 aromatic rings. The van der Waals surface area contributed by atoms with Gasteiger partial charge in [0.2, 0.25) is 0 Å². The van der Waals surface area contributed by atoms with Gasteiger partial charge in [-0.15, -0.1) is 0 Å². The van der Waals surface area contributed by atoms with Crippen LogP contribution in [-0.4, -0.2) is 36.3 Å². The normalized spacial score (nSPS) is 13.6. The van der Waals surface area contributed by atoms with Crippen molar-refractivity contribution in [2.24, 2.45) is 0 Å².